The summed E-state index contributed by atoms with van der Waals surface area (Å²) in [6.07, 6.45) is 4.70. The van der Waals surface area contributed by atoms with Gasteiger partial charge in [-0.3, -0.25) is 4.79 Å². The Bertz CT molecular complexity index is 278. The predicted octanol–water partition coefficient (Wildman–Crippen LogP) is 1.56. The molecule has 1 aliphatic carbocycles. The fourth-order valence-electron chi connectivity index (χ4n) is 2.28. The van der Waals surface area contributed by atoms with Crippen molar-refractivity contribution in [2.24, 2.45) is 11.1 Å². The van der Waals surface area contributed by atoms with E-state index in [9.17, 15) is 9.90 Å². The number of amides is 1. The molecule has 1 rings (SSSR count). The van der Waals surface area contributed by atoms with Crippen LogP contribution in [0, 0.1) is 5.41 Å². The molecular weight excluding hydrogens is 228 g/mol. The Balaban J connectivity index is 2.28. The summed E-state index contributed by atoms with van der Waals surface area (Å²) in [4.78, 5) is 11.6. The highest BCUT2D eigenvalue weighted by Gasteiger charge is 2.36. The standard InChI is InChI=1S/C14H28N2O2/c1-11(15)4-5-12(17)16-10-14(18)8-6-13(2,3)7-9-14/h11,18H,4-10,15H2,1-3H3,(H,16,17). The molecule has 0 radical (unpaired) electrons. The lowest BCUT2D eigenvalue weighted by Gasteiger charge is -2.40. The Labute approximate surface area is 110 Å². The van der Waals surface area contributed by atoms with Crippen LogP contribution in [-0.4, -0.2) is 29.2 Å². The Morgan fingerprint density at radius 2 is 1.89 bits per heavy atom. The molecule has 1 unspecified atom stereocenters. The number of rotatable bonds is 5. The molecule has 0 aromatic carbocycles. The fraction of sp³-hybridized carbons (Fsp3) is 0.929. The smallest absolute Gasteiger partial charge is 0.220 e. The molecule has 1 fully saturated rings. The molecule has 1 saturated carbocycles. The maximum Gasteiger partial charge on any atom is 0.220 e. The number of carbonyl (C=O) groups excluding carboxylic acids is 1. The molecule has 0 heterocycles. The highest BCUT2D eigenvalue weighted by atomic mass is 16.3. The van der Waals surface area contributed by atoms with Crippen LogP contribution in [0.2, 0.25) is 0 Å². The topological polar surface area (TPSA) is 75.4 Å². The molecule has 0 aromatic heterocycles. The number of hydrogen-bond acceptors (Lipinski definition) is 3. The number of hydrogen-bond donors (Lipinski definition) is 3. The molecule has 1 atom stereocenters. The first-order valence-corrected chi connectivity index (χ1v) is 6.97. The van der Waals surface area contributed by atoms with Gasteiger partial charge >= 0.3 is 0 Å². The predicted molar refractivity (Wildman–Crippen MR) is 73.1 cm³/mol. The van der Waals surface area contributed by atoms with Crippen LogP contribution < -0.4 is 11.1 Å². The van der Waals surface area contributed by atoms with Gasteiger partial charge in [0.1, 0.15) is 0 Å². The summed E-state index contributed by atoms with van der Waals surface area (Å²) in [5, 5.41) is 13.2. The average molecular weight is 256 g/mol. The monoisotopic (exact) mass is 256 g/mol. The van der Waals surface area contributed by atoms with Gasteiger partial charge in [-0.05, 0) is 44.4 Å². The van der Waals surface area contributed by atoms with Crippen molar-refractivity contribution < 1.29 is 9.90 Å². The normalized spacial score (nSPS) is 23.4. The van der Waals surface area contributed by atoms with Gasteiger partial charge < -0.3 is 16.2 Å². The van der Waals surface area contributed by atoms with Gasteiger partial charge in [-0.15, -0.1) is 0 Å². The van der Waals surface area contributed by atoms with Crippen LogP contribution in [0.1, 0.15) is 59.3 Å². The summed E-state index contributed by atoms with van der Waals surface area (Å²) in [6.45, 7) is 6.73. The van der Waals surface area contributed by atoms with E-state index in [0.717, 1.165) is 25.7 Å². The van der Waals surface area contributed by atoms with Crippen LogP contribution in [0.25, 0.3) is 0 Å². The molecule has 0 bridgehead atoms. The molecular formula is C14H28N2O2. The first kappa shape index (κ1) is 15.4. The zero-order chi connectivity index (χ0) is 13.8. The van der Waals surface area contributed by atoms with Crippen molar-refractivity contribution in [3.05, 3.63) is 0 Å². The Kier molecular flexibility index (Phi) is 5.17. The second kappa shape index (κ2) is 6.02. The van der Waals surface area contributed by atoms with E-state index in [1.54, 1.807) is 0 Å². The van der Waals surface area contributed by atoms with Crippen LogP contribution in [0.15, 0.2) is 0 Å². The average Bonchev–Trinajstić information content (AvgIpc) is 2.29. The van der Waals surface area contributed by atoms with Crippen molar-refractivity contribution in [3.63, 3.8) is 0 Å². The molecule has 4 nitrogen and oxygen atoms in total. The van der Waals surface area contributed by atoms with E-state index < -0.39 is 5.60 Å². The van der Waals surface area contributed by atoms with E-state index in [1.165, 1.54) is 0 Å². The summed E-state index contributed by atoms with van der Waals surface area (Å²) in [6, 6.07) is 0.0503. The minimum atomic E-state index is -0.709. The van der Waals surface area contributed by atoms with Gasteiger partial charge in [-0.1, -0.05) is 13.8 Å². The third-order valence-corrected chi connectivity index (χ3v) is 3.98. The van der Waals surface area contributed by atoms with Crippen LogP contribution in [0.5, 0.6) is 0 Å². The highest BCUT2D eigenvalue weighted by Crippen LogP contribution is 2.39. The molecule has 4 heteroatoms. The first-order valence-electron chi connectivity index (χ1n) is 6.97. The van der Waals surface area contributed by atoms with Crippen molar-refractivity contribution >= 4 is 5.91 Å². The van der Waals surface area contributed by atoms with E-state index in [4.69, 9.17) is 5.73 Å². The molecule has 106 valence electrons. The molecule has 0 spiro atoms. The summed E-state index contributed by atoms with van der Waals surface area (Å²) in [5.74, 6) is -0.00874. The molecule has 4 N–H and O–H groups in total. The SMILES string of the molecule is CC(N)CCC(=O)NCC1(O)CCC(C)(C)CC1. The highest BCUT2D eigenvalue weighted by molar-refractivity contribution is 5.75. The van der Waals surface area contributed by atoms with Crippen LogP contribution in [0.3, 0.4) is 0 Å². The van der Waals surface area contributed by atoms with E-state index in [2.05, 4.69) is 19.2 Å². The van der Waals surface area contributed by atoms with Crippen molar-refractivity contribution in [2.75, 3.05) is 6.54 Å². The van der Waals surface area contributed by atoms with Crippen molar-refractivity contribution in [3.8, 4) is 0 Å². The van der Waals surface area contributed by atoms with Crippen molar-refractivity contribution in [1.29, 1.82) is 0 Å². The molecule has 1 aliphatic rings. The van der Waals surface area contributed by atoms with E-state index in [1.807, 2.05) is 6.92 Å². The minimum absolute atomic E-state index is 0.00874. The van der Waals surface area contributed by atoms with Crippen molar-refractivity contribution in [1.82, 2.24) is 5.32 Å². The van der Waals surface area contributed by atoms with Gasteiger partial charge in [-0.25, -0.2) is 0 Å². The largest absolute Gasteiger partial charge is 0.388 e. The van der Waals surface area contributed by atoms with Crippen molar-refractivity contribution in [2.45, 2.75) is 70.9 Å². The molecule has 1 amide bonds. The summed E-state index contributed by atoms with van der Waals surface area (Å²) in [7, 11) is 0. The van der Waals surface area contributed by atoms with Crippen LogP contribution in [0.4, 0.5) is 0 Å². The number of aliphatic hydroxyl groups is 1. The molecule has 0 aromatic rings. The Morgan fingerprint density at radius 1 is 1.33 bits per heavy atom. The Hall–Kier alpha value is -0.610. The fourth-order valence-corrected chi connectivity index (χ4v) is 2.28. The van der Waals surface area contributed by atoms with E-state index in [-0.39, 0.29) is 11.9 Å². The molecule has 0 saturated heterocycles. The maximum atomic E-state index is 11.6. The number of carbonyl (C=O) groups is 1. The third-order valence-electron chi connectivity index (χ3n) is 3.98. The van der Waals surface area contributed by atoms with Gasteiger partial charge in [-0.2, -0.15) is 0 Å². The third kappa shape index (κ3) is 5.36. The second-order valence-electron chi connectivity index (χ2n) is 6.68. The minimum Gasteiger partial charge on any atom is -0.388 e. The van der Waals surface area contributed by atoms with Gasteiger partial charge in [0.15, 0.2) is 0 Å². The van der Waals surface area contributed by atoms with Gasteiger partial charge in [0.25, 0.3) is 0 Å². The quantitative estimate of drug-likeness (QED) is 0.699. The zero-order valence-electron chi connectivity index (χ0n) is 12.0. The van der Waals surface area contributed by atoms with Crippen LogP contribution in [-0.2, 0) is 4.79 Å². The zero-order valence-corrected chi connectivity index (χ0v) is 12.0. The second-order valence-corrected chi connectivity index (χ2v) is 6.68. The summed E-state index contributed by atoms with van der Waals surface area (Å²) >= 11 is 0. The van der Waals surface area contributed by atoms with Crippen LogP contribution >= 0.6 is 0 Å². The number of nitrogens with two attached hydrogens (primary N) is 1. The maximum absolute atomic E-state index is 11.6. The van der Waals surface area contributed by atoms with Gasteiger partial charge in [0.05, 0.1) is 5.60 Å². The van der Waals surface area contributed by atoms with E-state index >= 15 is 0 Å². The Morgan fingerprint density at radius 3 is 2.39 bits per heavy atom. The lowest BCUT2D eigenvalue weighted by Crippen LogP contribution is -2.46. The van der Waals surface area contributed by atoms with E-state index in [0.29, 0.717) is 24.8 Å². The number of nitrogens with one attached hydrogen (secondary N) is 1. The summed E-state index contributed by atoms with van der Waals surface area (Å²) < 4.78 is 0. The lowest BCUT2D eigenvalue weighted by atomic mass is 9.71. The first-order chi connectivity index (χ1) is 8.22. The summed E-state index contributed by atoms with van der Waals surface area (Å²) in [5.41, 5.74) is 5.22. The lowest BCUT2D eigenvalue weighted by molar-refractivity contribution is -0.123. The van der Waals surface area contributed by atoms with Gasteiger partial charge in [0.2, 0.25) is 5.91 Å². The molecule has 0 aliphatic heterocycles. The van der Waals surface area contributed by atoms with Gasteiger partial charge in [0, 0.05) is 19.0 Å². The molecule has 18 heavy (non-hydrogen) atoms.